The van der Waals surface area contributed by atoms with Crippen LogP contribution < -0.4 is 9.80 Å². The van der Waals surface area contributed by atoms with Crippen LogP contribution in [0, 0.1) is 0 Å². The summed E-state index contributed by atoms with van der Waals surface area (Å²) < 4.78 is 3.56. The molecule has 0 aliphatic heterocycles. The molecule has 0 radical (unpaired) electrons. The van der Waals surface area contributed by atoms with Crippen molar-refractivity contribution in [3.63, 3.8) is 0 Å². The van der Waals surface area contributed by atoms with Gasteiger partial charge in [0, 0.05) is 61.5 Å². The van der Waals surface area contributed by atoms with Crippen LogP contribution in [0.3, 0.4) is 0 Å². The maximum atomic E-state index is 5.06. The largest absolute Gasteiger partial charge is 0.310 e. The molecule has 0 saturated carbocycles. The van der Waals surface area contributed by atoms with Crippen LogP contribution in [-0.4, -0.2) is 9.55 Å². The average Bonchev–Trinajstić information content (AvgIpc) is 3.88. The molecule has 0 bridgehead atoms. The maximum absolute atomic E-state index is 5.06. The highest BCUT2D eigenvalue weighted by Crippen LogP contribution is 2.44. The molecule has 0 N–H and O–H groups in total. The number of anilines is 6. The first-order valence-corrected chi connectivity index (χ1v) is 20.4. The van der Waals surface area contributed by atoms with Crippen molar-refractivity contribution in [2.75, 3.05) is 9.80 Å². The molecule has 274 valence electrons. The van der Waals surface area contributed by atoms with Gasteiger partial charge in [0.15, 0.2) is 0 Å². The van der Waals surface area contributed by atoms with Gasteiger partial charge >= 0.3 is 0 Å². The van der Waals surface area contributed by atoms with Gasteiger partial charge in [0.05, 0.1) is 21.3 Å². The Kier molecular flexibility index (Phi) is 8.30. The number of para-hydroxylation sites is 4. The van der Waals surface area contributed by atoms with Crippen LogP contribution in [0.5, 0.6) is 0 Å². The zero-order valence-corrected chi connectivity index (χ0v) is 32.3. The Morgan fingerprint density at radius 1 is 0.379 bits per heavy atom. The molecule has 2 heterocycles. The molecule has 4 nitrogen and oxygen atoms in total. The van der Waals surface area contributed by atoms with Gasteiger partial charge in [0.1, 0.15) is 5.01 Å². The summed E-state index contributed by atoms with van der Waals surface area (Å²) in [5.41, 5.74) is 12.1. The highest BCUT2D eigenvalue weighted by Gasteiger charge is 2.20. The van der Waals surface area contributed by atoms with Crippen molar-refractivity contribution in [1.82, 2.24) is 9.55 Å². The summed E-state index contributed by atoms with van der Waals surface area (Å²) in [6, 6.07) is 78.1. The van der Waals surface area contributed by atoms with E-state index in [1.165, 1.54) is 37.3 Å². The summed E-state index contributed by atoms with van der Waals surface area (Å²) in [7, 11) is 0. The zero-order valence-electron chi connectivity index (χ0n) is 31.5. The van der Waals surface area contributed by atoms with E-state index >= 15 is 0 Å². The highest BCUT2D eigenvalue weighted by molar-refractivity contribution is 7.22. The normalized spacial score (nSPS) is 11.4. The molecule has 0 aliphatic rings. The van der Waals surface area contributed by atoms with E-state index in [0.29, 0.717) is 0 Å². The van der Waals surface area contributed by atoms with E-state index in [1.807, 2.05) is 0 Å². The molecular formula is C53H36N4S. The summed E-state index contributed by atoms with van der Waals surface area (Å²) in [6.07, 6.45) is 0. The predicted octanol–water partition coefficient (Wildman–Crippen LogP) is 15.2. The molecule has 5 heteroatoms. The summed E-state index contributed by atoms with van der Waals surface area (Å²) in [5, 5.41) is 5.86. The smallest absolute Gasteiger partial charge is 0.124 e. The summed E-state index contributed by atoms with van der Waals surface area (Å²) in [4.78, 5) is 9.79. The SMILES string of the molecule is c1ccc(-c2nc3ccc4ccc(N(c5ccccc5)c5cccc(N(c6ccccc6)c6ccc7c(c6)c6ccccc6n7-c6ccccc6)c5)cc4c3s2)cc1. The van der Waals surface area contributed by atoms with Crippen LogP contribution in [0.2, 0.25) is 0 Å². The lowest BCUT2D eigenvalue weighted by Crippen LogP contribution is -2.13. The van der Waals surface area contributed by atoms with E-state index < -0.39 is 0 Å². The molecule has 9 aromatic carbocycles. The number of fused-ring (bicyclic) bond motifs is 6. The van der Waals surface area contributed by atoms with Gasteiger partial charge in [-0.25, -0.2) is 4.98 Å². The summed E-state index contributed by atoms with van der Waals surface area (Å²) in [6.45, 7) is 0. The minimum Gasteiger partial charge on any atom is -0.310 e. The lowest BCUT2D eigenvalue weighted by Gasteiger charge is -2.29. The molecule has 11 rings (SSSR count). The number of benzene rings is 9. The average molecular weight is 761 g/mol. The molecule has 0 atom stereocenters. The van der Waals surface area contributed by atoms with Crippen LogP contribution >= 0.6 is 11.3 Å². The second kappa shape index (κ2) is 14.2. The van der Waals surface area contributed by atoms with Gasteiger partial charge in [-0.15, -0.1) is 11.3 Å². The molecule has 0 aliphatic carbocycles. The predicted molar refractivity (Wildman–Crippen MR) is 246 cm³/mol. The number of hydrogen-bond acceptors (Lipinski definition) is 4. The Hall–Kier alpha value is -7.47. The van der Waals surface area contributed by atoms with Crippen molar-refractivity contribution in [2.45, 2.75) is 0 Å². The van der Waals surface area contributed by atoms with E-state index in [1.54, 1.807) is 11.3 Å². The Morgan fingerprint density at radius 3 is 1.59 bits per heavy atom. The topological polar surface area (TPSA) is 24.3 Å². The van der Waals surface area contributed by atoms with Crippen molar-refractivity contribution >= 4 is 88.3 Å². The van der Waals surface area contributed by atoms with Crippen molar-refractivity contribution in [3.05, 3.63) is 218 Å². The molecule has 0 spiro atoms. The Bertz CT molecular complexity index is 3230. The van der Waals surface area contributed by atoms with Crippen LogP contribution in [-0.2, 0) is 0 Å². The van der Waals surface area contributed by atoms with Crippen molar-refractivity contribution in [2.24, 2.45) is 0 Å². The van der Waals surface area contributed by atoms with Gasteiger partial charge in [0.25, 0.3) is 0 Å². The lowest BCUT2D eigenvalue weighted by molar-refractivity contribution is 1.18. The summed E-state index contributed by atoms with van der Waals surface area (Å²) >= 11 is 1.76. The molecule has 2 aromatic heterocycles. The number of rotatable bonds is 8. The molecule has 0 unspecified atom stereocenters. The van der Waals surface area contributed by atoms with Gasteiger partial charge in [0.2, 0.25) is 0 Å². The minimum atomic E-state index is 1.02. The van der Waals surface area contributed by atoms with E-state index in [4.69, 9.17) is 4.98 Å². The van der Waals surface area contributed by atoms with E-state index in [2.05, 4.69) is 233 Å². The first-order chi connectivity index (χ1) is 28.8. The number of thiazole rings is 1. The van der Waals surface area contributed by atoms with E-state index in [-0.39, 0.29) is 0 Å². The Labute approximate surface area is 340 Å². The monoisotopic (exact) mass is 760 g/mol. The van der Waals surface area contributed by atoms with Crippen molar-refractivity contribution in [3.8, 4) is 16.3 Å². The Balaban J connectivity index is 1.07. The minimum absolute atomic E-state index is 1.02. The zero-order chi connectivity index (χ0) is 38.4. The maximum Gasteiger partial charge on any atom is 0.124 e. The highest BCUT2D eigenvalue weighted by atomic mass is 32.1. The van der Waals surface area contributed by atoms with Crippen molar-refractivity contribution in [1.29, 1.82) is 0 Å². The van der Waals surface area contributed by atoms with Gasteiger partial charge in [-0.1, -0.05) is 121 Å². The third kappa shape index (κ3) is 5.88. The second-order valence-electron chi connectivity index (χ2n) is 14.5. The molecule has 0 fully saturated rings. The van der Waals surface area contributed by atoms with Crippen LogP contribution in [0.15, 0.2) is 218 Å². The molecule has 11 aromatic rings. The third-order valence-corrected chi connectivity index (χ3v) is 12.1. The van der Waals surface area contributed by atoms with Gasteiger partial charge in [-0.05, 0) is 102 Å². The van der Waals surface area contributed by atoms with E-state index in [9.17, 15) is 0 Å². The van der Waals surface area contributed by atoms with Crippen LogP contribution in [0.4, 0.5) is 34.1 Å². The second-order valence-corrected chi connectivity index (χ2v) is 15.5. The van der Waals surface area contributed by atoms with Crippen LogP contribution in [0.25, 0.3) is 59.1 Å². The summed E-state index contributed by atoms with van der Waals surface area (Å²) in [5.74, 6) is 0. The number of hydrogen-bond donors (Lipinski definition) is 0. The third-order valence-electron chi connectivity index (χ3n) is 10.9. The van der Waals surface area contributed by atoms with E-state index in [0.717, 1.165) is 55.9 Å². The number of aromatic nitrogens is 2. The van der Waals surface area contributed by atoms with Gasteiger partial charge < -0.3 is 14.4 Å². The quantitative estimate of drug-likeness (QED) is 0.154. The Morgan fingerprint density at radius 2 is 0.897 bits per heavy atom. The molecule has 0 amide bonds. The first-order valence-electron chi connectivity index (χ1n) is 19.5. The van der Waals surface area contributed by atoms with Crippen molar-refractivity contribution < 1.29 is 0 Å². The fourth-order valence-corrected chi connectivity index (χ4v) is 9.41. The fourth-order valence-electron chi connectivity index (χ4n) is 8.31. The van der Waals surface area contributed by atoms with Gasteiger partial charge in [-0.2, -0.15) is 0 Å². The van der Waals surface area contributed by atoms with Gasteiger partial charge in [-0.3, -0.25) is 0 Å². The standard InChI is InChI=1S/C53H36N4S/c1-5-16-38(17-6-1)53-54-49-32-29-37-28-30-44(35-47(37)52(49)58-53)55(39-18-7-2-8-19-39)42-24-15-25-43(34-42)56(40-20-9-3-10-21-40)45-31-33-51-48(36-45)46-26-13-14-27-50(46)57(51)41-22-11-4-12-23-41/h1-36H. The van der Waals surface area contributed by atoms with Crippen LogP contribution in [0.1, 0.15) is 0 Å². The molecular weight excluding hydrogens is 725 g/mol. The molecule has 0 saturated heterocycles. The fraction of sp³-hybridized carbons (Fsp3) is 0. The first kappa shape index (κ1) is 33.8. The molecule has 58 heavy (non-hydrogen) atoms. The number of nitrogens with zero attached hydrogens (tertiary/aromatic N) is 4. The lowest BCUT2D eigenvalue weighted by atomic mass is 10.1.